The minimum atomic E-state index is -0.496. The third-order valence-electron chi connectivity index (χ3n) is 4.42. The molecule has 4 N–H and O–H groups in total. The quantitative estimate of drug-likeness (QED) is 0.702. The second-order valence-corrected chi connectivity index (χ2v) is 6.11. The normalized spacial score (nSPS) is 20.2. The van der Waals surface area contributed by atoms with Crippen molar-refractivity contribution in [3.05, 3.63) is 24.0 Å². The molecule has 2 atom stereocenters. The maximum atomic E-state index is 13.6. The zero-order valence-corrected chi connectivity index (χ0v) is 13.6. The number of carbonyl (C=O) groups excluding carboxylic acids is 1. The number of nitrogens with zero attached hydrogens (tertiary/aromatic N) is 1. The minimum absolute atomic E-state index is 0.110. The van der Waals surface area contributed by atoms with Gasteiger partial charge in [-0.1, -0.05) is 13.3 Å². The Labute approximate surface area is 136 Å². The third-order valence-corrected chi connectivity index (χ3v) is 4.42. The molecule has 1 aliphatic rings. The van der Waals surface area contributed by atoms with Crippen LogP contribution in [0.2, 0.25) is 0 Å². The van der Waals surface area contributed by atoms with Crippen molar-refractivity contribution in [2.24, 2.45) is 0 Å². The summed E-state index contributed by atoms with van der Waals surface area (Å²) < 4.78 is 13.6. The molecular weight excluding hydrogens is 297 g/mol. The highest BCUT2D eigenvalue weighted by Gasteiger charge is 2.27. The van der Waals surface area contributed by atoms with E-state index in [0.29, 0.717) is 18.7 Å². The van der Waals surface area contributed by atoms with E-state index < -0.39 is 5.82 Å². The molecule has 0 bridgehead atoms. The van der Waals surface area contributed by atoms with E-state index in [1.54, 1.807) is 0 Å². The van der Waals surface area contributed by atoms with Gasteiger partial charge in [-0.3, -0.25) is 9.69 Å². The fourth-order valence-electron chi connectivity index (χ4n) is 3.10. The Morgan fingerprint density at radius 1 is 1.52 bits per heavy atom. The molecule has 2 rings (SSSR count). The van der Waals surface area contributed by atoms with Crippen LogP contribution in [0.3, 0.4) is 0 Å². The Morgan fingerprint density at radius 3 is 3.04 bits per heavy atom. The van der Waals surface area contributed by atoms with E-state index in [1.807, 2.05) is 6.92 Å². The Balaban J connectivity index is 1.88. The maximum Gasteiger partial charge on any atom is 0.225 e. The van der Waals surface area contributed by atoms with Crippen molar-refractivity contribution in [3.8, 4) is 0 Å². The first-order valence-corrected chi connectivity index (χ1v) is 8.28. The number of nitrogens with two attached hydrogens (primary N) is 1. The first-order valence-electron chi connectivity index (χ1n) is 8.28. The average Bonchev–Trinajstić information content (AvgIpc) is 2.56. The number of likely N-dealkylation sites (tertiary alicyclic amines) is 1. The van der Waals surface area contributed by atoms with Gasteiger partial charge in [0, 0.05) is 24.7 Å². The van der Waals surface area contributed by atoms with E-state index in [1.165, 1.54) is 18.2 Å². The number of piperidine rings is 1. The van der Waals surface area contributed by atoms with Crippen LogP contribution in [0.25, 0.3) is 0 Å². The average molecular weight is 323 g/mol. The molecule has 0 aliphatic carbocycles. The molecule has 1 amide bonds. The second-order valence-electron chi connectivity index (χ2n) is 6.11. The van der Waals surface area contributed by atoms with Crippen LogP contribution in [0.4, 0.5) is 15.8 Å². The van der Waals surface area contributed by atoms with Gasteiger partial charge in [-0.05, 0) is 44.0 Å². The van der Waals surface area contributed by atoms with Crippen molar-refractivity contribution >= 4 is 17.3 Å². The van der Waals surface area contributed by atoms with Gasteiger partial charge >= 0.3 is 0 Å². The van der Waals surface area contributed by atoms with Gasteiger partial charge in [0.2, 0.25) is 5.91 Å². The van der Waals surface area contributed by atoms with Gasteiger partial charge < -0.3 is 16.2 Å². The van der Waals surface area contributed by atoms with Crippen LogP contribution >= 0.6 is 0 Å². The molecule has 1 aliphatic heterocycles. The number of hydrogen-bond donors (Lipinski definition) is 3. The predicted molar refractivity (Wildman–Crippen MR) is 89.6 cm³/mol. The first kappa shape index (κ1) is 17.7. The standard InChI is InChI=1S/C17H26FN3O2/c1-2-16(22)15-5-3-4-9-21(15)10-8-17(23)20-14-11-12(19)6-7-13(14)18/h6-7,11,15-16,22H,2-5,8-10,19H2,1H3,(H,20,23). The van der Waals surface area contributed by atoms with Gasteiger partial charge in [0.25, 0.3) is 0 Å². The summed E-state index contributed by atoms with van der Waals surface area (Å²) in [5.41, 5.74) is 6.12. The highest BCUT2D eigenvalue weighted by atomic mass is 19.1. The molecule has 0 saturated carbocycles. The molecule has 1 saturated heterocycles. The molecule has 1 fully saturated rings. The molecule has 23 heavy (non-hydrogen) atoms. The summed E-state index contributed by atoms with van der Waals surface area (Å²) in [6.45, 7) is 3.42. The third kappa shape index (κ3) is 4.91. The summed E-state index contributed by atoms with van der Waals surface area (Å²) in [6.07, 6.45) is 3.77. The van der Waals surface area contributed by atoms with Crippen LogP contribution in [-0.2, 0) is 4.79 Å². The van der Waals surface area contributed by atoms with E-state index in [0.717, 1.165) is 25.8 Å². The van der Waals surface area contributed by atoms with E-state index >= 15 is 0 Å². The fraction of sp³-hybridized carbons (Fsp3) is 0.588. The number of halogens is 1. The van der Waals surface area contributed by atoms with Crippen molar-refractivity contribution in [2.45, 2.75) is 51.2 Å². The smallest absolute Gasteiger partial charge is 0.225 e. The van der Waals surface area contributed by atoms with Crippen LogP contribution in [0.1, 0.15) is 39.0 Å². The number of nitrogens with one attached hydrogen (secondary N) is 1. The first-order chi connectivity index (χ1) is 11.0. The number of carbonyl (C=O) groups is 1. The number of aliphatic hydroxyl groups excluding tert-OH is 1. The van der Waals surface area contributed by atoms with Gasteiger partial charge in [-0.25, -0.2) is 4.39 Å². The van der Waals surface area contributed by atoms with E-state index in [4.69, 9.17) is 5.73 Å². The summed E-state index contributed by atoms with van der Waals surface area (Å²) in [6, 6.07) is 4.22. The molecule has 0 spiro atoms. The van der Waals surface area contributed by atoms with Crippen LogP contribution in [0.5, 0.6) is 0 Å². The number of nitrogen functional groups attached to an aromatic ring is 1. The zero-order valence-electron chi connectivity index (χ0n) is 13.6. The lowest BCUT2D eigenvalue weighted by molar-refractivity contribution is -0.117. The molecule has 0 radical (unpaired) electrons. The molecule has 6 heteroatoms. The largest absolute Gasteiger partial charge is 0.399 e. The van der Waals surface area contributed by atoms with Gasteiger partial charge in [0.05, 0.1) is 11.8 Å². The SMILES string of the molecule is CCC(O)C1CCCCN1CCC(=O)Nc1cc(N)ccc1F. The Hall–Kier alpha value is -1.66. The lowest BCUT2D eigenvalue weighted by atomic mass is 9.96. The molecule has 2 unspecified atom stereocenters. The van der Waals surface area contributed by atoms with Crippen molar-refractivity contribution in [1.29, 1.82) is 0 Å². The van der Waals surface area contributed by atoms with Crippen LogP contribution in [-0.4, -0.2) is 41.1 Å². The predicted octanol–water partition coefficient (Wildman–Crippen LogP) is 2.36. The van der Waals surface area contributed by atoms with Crippen molar-refractivity contribution in [1.82, 2.24) is 4.90 Å². The van der Waals surface area contributed by atoms with Crippen LogP contribution < -0.4 is 11.1 Å². The topological polar surface area (TPSA) is 78.6 Å². The van der Waals surface area contributed by atoms with Gasteiger partial charge in [0.1, 0.15) is 5.82 Å². The molecule has 1 aromatic carbocycles. The number of amides is 1. The number of benzene rings is 1. The second kappa shape index (κ2) is 8.26. The fourth-order valence-corrected chi connectivity index (χ4v) is 3.10. The minimum Gasteiger partial charge on any atom is -0.399 e. The number of anilines is 2. The lowest BCUT2D eigenvalue weighted by Gasteiger charge is -2.38. The molecule has 5 nitrogen and oxygen atoms in total. The number of hydrogen-bond acceptors (Lipinski definition) is 4. The molecular formula is C17H26FN3O2. The summed E-state index contributed by atoms with van der Waals surface area (Å²) in [5.74, 6) is -0.741. The van der Waals surface area contributed by atoms with Crippen molar-refractivity contribution < 1.29 is 14.3 Å². The number of aliphatic hydroxyl groups is 1. The molecule has 1 heterocycles. The monoisotopic (exact) mass is 323 g/mol. The molecule has 1 aromatic rings. The summed E-state index contributed by atoms with van der Waals surface area (Å²) in [7, 11) is 0. The Morgan fingerprint density at radius 2 is 2.30 bits per heavy atom. The lowest BCUT2D eigenvalue weighted by Crippen LogP contribution is -2.47. The summed E-state index contributed by atoms with van der Waals surface area (Å²) in [4.78, 5) is 14.2. The summed E-state index contributed by atoms with van der Waals surface area (Å²) in [5, 5.41) is 12.7. The van der Waals surface area contributed by atoms with Gasteiger partial charge in [-0.15, -0.1) is 0 Å². The maximum absolute atomic E-state index is 13.6. The van der Waals surface area contributed by atoms with E-state index in [2.05, 4.69) is 10.2 Å². The van der Waals surface area contributed by atoms with Crippen LogP contribution in [0.15, 0.2) is 18.2 Å². The van der Waals surface area contributed by atoms with Crippen LogP contribution in [0, 0.1) is 5.82 Å². The highest BCUT2D eigenvalue weighted by molar-refractivity contribution is 5.91. The van der Waals surface area contributed by atoms with Crippen molar-refractivity contribution in [2.75, 3.05) is 24.1 Å². The Bertz CT molecular complexity index is 539. The van der Waals surface area contributed by atoms with Crippen molar-refractivity contribution in [3.63, 3.8) is 0 Å². The van der Waals surface area contributed by atoms with Gasteiger partial charge in [0.15, 0.2) is 0 Å². The summed E-state index contributed by atoms with van der Waals surface area (Å²) >= 11 is 0. The van der Waals surface area contributed by atoms with Gasteiger partial charge in [-0.2, -0.15) is 0 Å². The van der Waals surface area contributed by atoms with E-state index in [-0.39, 0.29) is 30.2 Å². The van der Waals surface area contributed by atoms with E-state index in [9.17, 15) is 14.3 Å². The number of rotatable bonds is 6. The zero-order chi connectivity index (χ0) is 16.8. The Kier molecular flexibility index (Phi) is 6.36. The molecule has 128 valence electrons. The highest BCUT2D eigenvalue weighted by Crippen LogP contribution is 2.22. The molecule has 0 aromatic heterocycles.